The van der Waals surface area contributed by atoms with Gasteiger partial charge in [0.25, 0.3) is 0 Å². The van der Waals surface area contributed by atoms with Crippen LogP contribution in [-0.2, 0) is 0 Å². The van der Waals surface area contributed by atoms with Crippen LogP contribution in [0.4, 0.5) is 0 Å². The zero-order valence-corrected chi connectivity index (χ0v) is 13.1. The number of hydrogen-bond acceptors (Lipinski definition) is 2. The van der Waals surface area contributed by atoms with Crippen LogP contribution in [0.1, 0.15) is 57.6 Å². The normalized spacial score (nSPS) is 22.4. The summed E-state index contributed by atoms with van der Waals surface area (Å²) in [5, 5.41) is 3.71. The van der Waals surface area contributed by atoms with Gasteiger partial charge < -0.3 is 5.32 Å². The maximum Gasteiger partial charge on any atom is 0.0449 e. The predicted octanol–water partition coefficient (Wildman–Crippen LogP) is 3.99. The summed E-state index contributed by atoms with van der Waals surface area (Å²) in [5.41, 5.74) is 1.43. The Morgan fingerprint density at radius 2 is 2.05 bits per heavy atom. The molecular weight excluding hydrogens is 244 g/mol. The van der Waals surface area contributed by atoms with Gasteiger partial charge >= 0.3 is 0 Å². The highest BCUT2D eigenvalue weighted by molar-refractivity contribution is 5.19. The van der Waals surface area contributed by atoms with Crippen LogP contribution in [0, 0.1) is 0 Å². The number of benzene rings is 1. The minimum absolute atomic E-state index is 0.493. The first-order chi connectivity index (χ1) is 9.81. The zero-order chi connectivity index (χ0) is 14.2. The monoisotopic (exact) mass is 274 g/mol. The highest BCUT2D eigenvalue weighted by Crippen LogP contribution is 2.20. The quantitative estimate of drug-likeness (QED) is 0.789. The fraction of sp³-hybridized carbons (Fsp3) is 0.667. The van der Waals surface area contributed by atoms with E-state index >= 15 is 0 Å². The molecule has 0 radical (unpaired) electrons. The summed E-state index contributed by atoms with van der Waals surface area (Å²) in [7, 11) is 0. The summed E-state index contributed by atoms with van der Waals surface area (Å²) >= 11 is 0. The van der Waals surface area contributed by atoms with Gasteiger partial charge in [0.15, 0.2) is 0 Å². The van der Waals surface area contributed by atoms with Crippen molar-refractivity contribution >= 4 is 0 Å². The lowest BCUT2D eigenvalue weighted by atomic mass is 10.0. The lowest BCUT2D eigenvalue weighted by molar-refractivity contribution is 0.193. The van der Waals surface area contributed by atoms with Gasteiger partial charge in [-0.3, -0.25) is 4.90 Å². The predicted molar refractivity (Wildman–Crippen MR) is 87.0 cm³/mol. The molecule has 0 spiro atoms. The van der Waals surface area contributed by atoms with E-state index in [2.05, 4.69) is 54.4 Å². The molecule has 2 rings (SSSR count). The second kappa shape index (κ2) is 8.43. The maximum atomic E-state index is 3.71. The molecule has 1 fully saturated rings. The Morgan fingerprint density at radius 3 is 2.80 bits per heavy atom. The van der Waals surface area contributed by atoms with E-state index in [1.165, 1.54) is 44.2 Å². The molecule has 0 amide bonds. The van der Waals surface area contributed by atoms with E-state index in [0.717, 1.165) is 13.1 Å². The number of unbranched alkanes of at least 4 members (excludes halogenated alkanes) is 2. The van der Waals surface area contributed by atoms with Gasteiger partial charge in [-0.1, -0.05) is 56.5 Å². The van der Waals surface area contributed by atoms with Crippen molar-refractivity contribution in [1.29, 1.82) is 0 Å². The van der Waals surface area contributed by atoms with E-state index in [4.69, 9.17) is 0 Å². The van der Waals surface area contributed by atoms with Crippen LogP contribution >= 0.6 is 0 Å². The van der Waals surface area contributed by atoms with Gasteiger partial charge in [-0.05, 0) is 38.4 Å². The Labute approximate surface area is 124 Å². The van der Waals surface area contributed by atoms with Crippen molar-refractivity contribution in [3.05, 3.63) is 35.9 Å². The van der Waals surface area contributed by atoms with Gasteiger partial charge in [0.2, 0.25) is 0 Å². The van der Waals surface area contributed by atoms with E-state index in [0.29, 0.717) is 12.1 Å². The molecule has 1 saturated heterocycles. The second-order valence-corrected chi connectivity index (χ2v) is 6.11. The Hall–Kier alpha value is -0.860. The van der Waals surface area contributed by atoms with E-state index in [1.807, 2.05) is 0 Å². The van der Waals surface area contributed by atoms with Gasteiger partial charge in [0.05, 0.1) is 0 Å². The van der Waals surface area contributed by atoms with E-state index < -0.39 is 0 Å². The van der Waals surface area contributed by atoms with Crippen LogP contribution in [0.25, 0.3) is 0 Å². The summed E-state index contributed by atoms with van der Waals surface area (Å²) < 4.78 is 0. The Kier molecular flexibility index (Phi) is 6.55. The molecule has 1 aliphatic heterocycles. The molecule has 0 bridgehead atoms. The third-order valence-electron chi connectivity index (χ3n) is 4.48. The number of rotatable bonds is 6. The van der Waals surface area contributed by atoms with Crippen molar-refractivity contribution in [3.8, 4) is 0 Å². The van der Waals surface area contributed by atoms with Crippen LogP contribution in [0.2, 0.25) is 0 Å². The summed E-state index contributed by atoms with van der Waals surface area (Å²) in [6.45, 7) is 8.22. The fourth-order valence-corrected chi connectivity index (χ4v) is 3.13. The number of nitrogens with zero attached hydrogens (tertiary/aromatic N) is 1. The molecule has 1 aromatic rings. The Bertz CT molecular complexity index is 363. The molecule has 0 aromatic heterocycles. The molecule has 0 saturated carbocycles. The lowest BCUT2D eigenvalue weighted by Crippen LogP contribution is -2.37. The van der Waals surface area contributed by atoms with Gasteiger partial charge in [-0.2, -0.15) is 0 Å². The third-order valence-corrected chi connectivity index (χ3v) is 4.48. The van der Waals surface area contributed by atoms with Crippen molar-refractivity contribution in [3.63, 3.8) is 0 Å². The Balaban J connectivity index is 1.93. The van der Waals surface area contributed by atoms with Gasteiger partial charge in [-0.15, -0.1) is 0 Å². The molecule has 2 nitrogen and oxygen atoms in total. The van der Waals surface area contributed by atoms with E-state index in [1.54, 1.807) is 0 Å². The summed E-state index contributed by atoms with van der Waals surface area (Å²) in [4.78, 5) is 2.69. The average Bonchev–Trinajstić information content (AvgIpc) is 2.74. The standard InChI is InChI=1S/C18H30N2/c1-3-4-6-10-16(2)20-14-9-13-19-18(15-20)17-11-7-5-8-12-17/h5,7-8,11-12,16,18-19H,3-4,6,9-10,13-15H2,1-2H3. The number of hydrogen-bond donors (Lipinski definition) is 1. The minimum atomic E-state index is 0.493. The van der Waals surface area contributed by atoms with Crippen LogP contribution in [-0.4, -0.2) is 30.6 Å². The van der Waals surface area contributed by atoms with Crippen LogP contribution in [0.5, 0.6) is 0 Å². The smallest absolute Gasteiger partial charge is 0.0449 e. The van der Waals surface area contributed by atoms with Crippen molar-refractivity contribution in [2.75, 3.05) is 19.6 Å². The van der Waals surface area contributed by atoms with Crippen molar-refractivity contribution < 1.29 is 0 Å². The van der Waals surface area contributed by atoms with Gasteiger partial charge in [0, 0.05) is 18.6 Å². The van der Waals surface area contributed by atoms with Crippen LogP contribution < -0.4 is 5.32 Å². The topological polar surface area (TPSA) is 15.3 Å². The highest BCUT2D eigenvalue weighted by atomic mass is 15.2. The summed E-state index contributed by atoms with van der Waals surface area (Å²) in [6.07, 6.45) is 6.67. The minimum Gasteiger partial charge on any atom is -0.309 e. The van der Waals surface area contributed by atoms with Gasteiger partial charge in [-0.25, -0.2) is 0 Å². The second-order valence-electron chi connectivity index (χ2n) is 6.11. The summed E-state index contributed by atoms with van der Waals surface area (Å²) in [5.74, 6) is 0. The van der Waals surface area contributed by atoms with Crippen LogP contribution in [0.3, 0.4) is 0 Å². The fourth-order valence-electron chi connectivity index (χ4n) is 3.13. The molecule has 20 heavy (non-hydrogen) atoms. The molecule has 1 aliphatic rings. The highest BCUT2D eigenvalue weighted by Gasteiger charge is 2.22. The molecule has 112 valence electrons. The molecule has 2 atom stereocenters. The molecule has 2 heteroatoms. The maximum absolute atomic E-state index is 3.71. The Morgan fingerprint density at radius 1 is 1.25 bits per heavy atom. The van der Waals surface area contributed by atoms with Gasteiger partial charge in [0.1, 0.15) is 0 Å². The first kappa shape index (κ1) is 15.5. The first-order valence-electron chi connectivity index (χ1n) is 8.33. The van der Waals surface area contributed by atoms with E-state index in [-0.39, 0.29) is 0 Å². The van der Waals surface area contributed by atoms with Crippen molar-refractivity contribution in [2.24, 2.45) is 0 Å². The summed E-state index contributed by atoms with van der Waals surface area (Å²) in [6, 6.07) is 12.1. The molecule has 1 aromatic carbocycles. The molecule has 2 unspecified atom stereocenters. The molecule has 0 aliphatic carbocycles. The lowest BCUT2D eigenvalue weighted by Gasteiger charge is -2.30. The third kappa shape index (κ3) is 4.60. The van der Waals surface area contributed by atoms with E-state index in [9.17, 15) is 0 Å². The number of nitrogens with one attached hydrogen (secondary N) is 1. The van der Waals surface area contributed by atoms with Crippen molar-refractivity contribution in [1.82, 2.24) is 10.2 Å². The average molecular weight is 274 g/mol. The SMILES string of the molecule is CCCCCC(C)N1CCCNC(c2ccccc2)C1. The first-order valence-corrected chi connectivity index (χ1v) is 8.33. The van der Waals surface area contributed by atoms with Crippen molar-refractivity contribution in [2.45, 2.75) is 58.0 Å². The molecule has 1 N–H and O–H groups in total. The molecular formula is C18H30N2. The zero-order valence-electron chi connectivity index (χ0n) is 13.1. The largest absolute Gasteiger partial charge is 0.309 e. The van der Waals surface area contributed by atoms with Crippen LogP contribution in [0.15, 0.2) is 30.3 Å². The molecule has 1 heterocycles.